The smallest absolute Gasteiger partial charge is 0.744 e. The van der Waals surface area contributed by atoms with Crippen molar-refractivity contribution in [2.75, 3.05) is 0 Å². The molecule has 0 heterocycles. The second-order valence-corrected chi connectivity index (χ2v) is 26.8. The molecule has 9 heteroatoms. The van der Waals surface area contributed by atoms with Gasteiger partial charge >= 0.3 is 37.7 Å². The van der Waals surface area contributed by atoms with Gasteiger partial charge in [-0.15, -0.1) is 0 Å². The zero-order valence-electron chi connectivity index (χ0n) is 52.7. The molecular weight excluding hydrogens is 1060 g/mol. The van der Waals surface area contributed by atoms with E-state index < -0.39 is 20.2 Å². The first kappa shape index (κ1) is 75.6. The Morgan fingerprint density at radius 3 is 0.704 bits per heavy atom. The number of hydrogen-bond donors (Lipinski definition) is 0. The number of benzene rings is 4. The SMILES string of the molecule is CCCCCCCCCCCCCc1cc2ccccc2c(S(=O)(=O)[O-])c1CCCCCCCCCCCCC.CCCCCCCCCCCCCc1cc2ccccc2c(S(=O)(=O)[O-])c1CCCCCCCCCCCCC.[Ca+2]. The van der Waals surface area contributed by atoms with Crippen molar-refractivity contribution in [2.24, 2.45) is 0 Å². The van der Waals surface area contributed by atoms with Gasteiger partial charge in [0.2, 0.25) is 0 Å². The van der Waals surface area contributed by atoms with Crippen molar-refractivity contribution in [3.8, 4) is 0 Å². The number of unbranched alkanes of at least 4 members (excludes halogenated alkanes) is 40. The third-order valence-electron chi connectivity index (χ3n) is 17.1. The molecule has 0 aliphatic rings. The maximum absolute atomic E-state index is 12.5. The van der Waals surface area contributed by atoms with Crippen molar-refractivity contribution < 1.29 is 25.9 Å². The van der Waals surface area contributed by atoms with Crippen molar-refractivity contribution in [3.05, 3.63) is 82.9 Å². The molecule has 0 unspecified atom stereocenters. The average molecular weight is 1180 g/mol. The second-order valence-electron chi connectivity index (χ2n) is 24.2. The fourth-order valence-electron chi connectivity index (χ4n) is 12.3. The molecule has 0 aliphatic carbocycles. The summed E-state index contributed by atoms with van der Waals surface area (Å²) in [5, 5.41) is 2.94. The predicted octanol–water partition coefficient (Wildman–Crippen LogP) is 22.5. The van der Waals surface area contributed by atoms with Crippen LogP contribution in [0.1, 0.15) is 332 Å². The van der Waals surface area contributed by atoms with Crippen LogP contribution in [-0.2, 0) is 45.9 Å². The van der Waals surface area contributed by atoms with Crippen molar-refractivity contribution in [2.45, 2.75) is 346 Å². The molecule has 0 atom stereocenters. The molecule has 0 aliphatic heterocycles. The molecule has 0 fully saturated rings. The van der Waals surface area contributed by atoms with E-state index in [0.29, 0.717) is 23.6 Å². The Morgan fingerprint density at radius 1 is 0.284 bits per heavy atom. The molecule has 0 radical (unpaired) electrons. The molecule has 0 amide bonds. The fraction of sp³-hybridized carbons (Fsp3) is 0.722. The van der Waals surface area contributed by atoms with Crippen molar-refractivity contribution in [1.82, 2.24) is 0 Å². The zero-order valence-corrected chi connectivity index (χ0v) is 56.5. The quantitative estimate of drug-likeness (QED) is 0.0247. The Morgan fingerprint density at radius 2 is 0.481 bits per heavy atom. The van der Waals surface area contributed by atoms with Gasteiger partial charge in [-0.05, 0) is 95.2 Å². The Kier molecular flexibility index (Phi) is 45.3. The first-order chi connectivity index (χ1) is 39.0. The van der Waals surface area contributed by atoms with E-state index in [0.717, 1.165) is 84.4 Å². The molecule has 4 aromatic carbocycles. The summed E-state index contributed by atoms with van der Waals surface area (Å²) in [6.45, 7) is 9.05. The third kappa shape index (κ3) is 33.8. The summed E-state index contributed by atoms with van der Waals surface area (Å²) >= 11 is 0. The summed E-state index contributed by atoms with van der Waals surface area (Å²) in [5.41, 5.74) is 3.76. The first-order valence-electron chi connectivity index (χ1n) is 34.0. The summed E-state index contributed by atoms with van der Waals surface area (Å²) in [6.07, 6.45) is 59.2. The largest absolute Gasteiger partial charge is 2.00 e. The van der Waals surface area contributed by atoms with Crippen LogP contribution in [0, 0.1) is 0 Å². The van der Waals surface area contributed by atoms with E-state index in [1.165, 1.54) is 244 Å². The molecular formula is C72H118CaO6S2. The molecule has 4 rings (SSSR count). The molecule has 0 spiro atoms. The van der Waals surface area contributed by atoms with Gasteiger partial charge in [0.25, 0.3) is 0 Å². The van der Waals surface area contributed by atoms with Gasteiger partial charge in [0.15, 0.2) is 0 Å². The van der Waals surface area contributed by atoms with Crippen molar-refractivity contribution in [1.29, 1.82) is 0 Å². The van der Waals surface area contributed by atoms with E-state index in [4.69, 9.17) is 0 Å². The molecule has 6 nitrogen and oxygen atoms in total. The summed E-state index contributed by atoms with van der Waals surface area (Å²) in [5.74, 6) is 0. The van der Waals surface area contributed by atoms with Crippen LogP contribution < -0.4 is 0 Å². The molecule has 4 aromatic rings. The molecule has 81 heavy (non-hydrogen) atoms. The van der Waals surface area contributed by atoms with Gasteiger partial charge < -0.3 is 9.11 Å². The number of rotatable bonds is 50. The van der Waals surface area contributed by atoms with Gasteiger partial charge in [-0.3, -0.25) is 0 Å². The second kappa shape index (κ2) is 48.6. The Labute approximate surface area is 529 Å². The Bertz CT molecular complexity index is 2230. The van der Waals surface area contributed by atoms with Gasteiger partial charge in [-0.2, -0.15) is 0 Å². The molecule has 456 valence electrons. The predicted molar refractivity (Wildman–Crippen MR) is 350 cm³/mol. The van der Waals surface area contributed by atoms with Gasteiger partial charge in [0.1, 0.15) is 20.2 Å². The van der Waals surface area contributed by atoms with Crippen LogP contribution in [0.15, 0.2) is 70.5 Å². The topological polar surface area (TPSA) is 114 Å². The van der Waals surface area contributed by atoms with Gasteiger partial charge in [-0.1, -0.05) is 345 Å². The zero-order chi connectivity index (χ0) is 57.8. The van der Waals surface area contributed by atoms with E-state index in [2.05, 4.69) is 39.8 Å². The fourth-order valence-corrected chi connectivity index (χ4v) is 14.3. The summed E-state index contributed by atoms with van der Waals surface area (Å²) in [6, 6.07) is 19.4. The van der Waals surface area contributed by atoms with Gasteiger partial charge in [0.05, 0.1) is 9.79 Å². The van der Waals surface area contributed by atoms with Crippen molar-refractivity contribution >= 4 is 79.5 Å². The summed E-state index contributed by atoms with van der Waals surface area (Å²) < 4.78 is 75.2. The summed E-state index contributed by atoms with van der Waals surface area (Å²) in [7, 11) is -9.10. The number of fused-ring (bicyclic) bond motifs is 2. The van der Waals surface area contributed by atoms with E-state index in [-0.39, 0.29) is 47.5 Å². The van der Waals surface area contributed by atoms with E-state index in [1.54, 1.807) is 12.1 Å². The molecule has 0 bridgehead atoms. The average Bonchev–Trinajstić information content (AvgIpc) is 3.50. The van der Waals surface area contributed by atoms with Gasteiger partial charge in [0, 0.05) is 0 Å². The van der Waals surface area contributed by atoms with Crippen molar-refractivity contribution in [3.63, 3.8) is 0 Å². The van der Waals surface area contributed by atoms with Crippen LogP contribution in [0.4, 0.5) is 0 Å². The van der Waals surface area contributed by atoms with Gasteiger partial charge in [-0.25, -0.2) is 16.8 Å². The third-order valence-corrected chi connectivity index (χ3v) is 19.0. The normalized spacial score (nSPS) is 11.8. The molecule has 0 saturated heterocycles. The van der Waals surface area contributed by atoms with E-state index in [1.807, 2.05) is 36.4 Å². The van der Waals surface area contributed by atoms with Crippen LogP contribution in [0.25, 0.3) is 21.5 Å². The van der Waals surface area contributed by atoms with Crippen LogP contribution in [0.2, 0.25) is 0 Å². The van der Waals surface area contributed by atoms with E-state index in [9.17, 15) is 25.9 Å². The van der Waals surface area contributed by atoms with Crippen LogP contribution in [-0.4, -0.2) is 63.7 Å². The monoisotopic (exact) mass is 1180 g/mol. The minimum absolute atomic E-state index is 0. The molecule has 0 N–H and O–H groups in total. The first-order valence-corrected chi connectivity index (χ1v) is 36.8. The maximum Gasteiger partial charge on any atom is 2.00 e. The number of aryl methyl sites for hydroxylation is 2. The minimum Gasteiger partial charge on any atom is -0.744 e. The van der Waals surface area contributed by atoms with Crippen LogP contribution in [0.5, 0.6) is 0 Å². The molecule has 0 saturated carbocycles. The Hall–Kier alpha value is -1.52. The minimum atomic E-state index is -4.55. The summed E-state index contributed by atoms with van der Waals surface area (Å²) in [4.78, 5) is 0.103. The van der Waals surface area contributed by atoms with Crippen LogP contribution in [0.3, 0.4) is 0 Å². The Balaban J connectivity index is 0.000000547. The number of hydrogen-bond acceptors (Lipinski definition) is 6. The van der Waals surface area contributed by atoms with Crippen LogP contribution >= 0.6 is 0 Å². The standard InChI is InChI=1S/2C36H60O3S.Ca/c2*1-3-5-7-9-11-13-15-17-19-21-23-27-32-31-33-28-25-26-30-35(33)36(40(37,38)39)34(32)29-24-22-20-18-16-14-12-10-8-6-4-2;/h2*25-26,28,30-31H,3-24,27,29H2,1-2H3,(H,37,38,39);/q;;+2/p-2. The maximum atomic E-state index is 12.5. The van der Waals surface area contributed by atoms with E-state index >= 15 is 0 Å². The molecule has 0 aromatic heterocycles.